The van der Waals surface area contributed by atoms with Gasteiger partial charge in [-0.05, 0) is 56.5 Å². The summed E-state index contributed by atoms with van der Waals surface area (Å²) in [6.45, 7) is 8.48. The number of benzene rings is 1. The Labute approximate surface area is 165 Å². The highest BCUT2D eigenvalue weighted by Crippen LogP contribution is 2.19. The van der Waals surface area contributed by atoms with E-state index in [1.165, 1.54) is 38.1 Å². The lowest BCUT2D eigenvalue weighted by molar-refractivity contribution is -0.153. The van der Waals surface area contributed by atoms with Gasteiger partial charge in [0.1, 0.15) is 5.75 Å². The maximum atomic E-state index is 12.2. The molecule has 158 valence electrons. The summed E-state index contributed by atoms with van der Waals surface area (Å²) in [5.41, 5.74) is 0.904. The molecule has 1 aliphatic heterocycles. The van der Waals surface area contributed by atoms with E-state index in [1.807, 2.05) is 6.92 Å². The van der Waals surface area contributed by atoms with Crippen LogP contribution in [-0.4, -0.2) is 56.4 Å². The van der Waals surface area contributed by atoms with Gasteiger partial charge in [-0.1, -0.05) is 19.1 Å². The van der Waals surface area contributed by atoms with E-state index in [4.69, 9.17) is 4.74 Å². The monoisotopic (exact) mass is 400 g/mol. The lowest BCUT2D eigenvalue weighted by Crippen LogP contribution is -2.41. The predicted molar refractivity (Wildman–Crippen MR) is 106 cm³/mol. The Balaban J connectivity index is 1.80. The van der Waals surface area contributed by atoms with Gasteiger partial charge >= 0.3 is 6.18 Å². The van der Waals surface area contributed by atoms with Gasteiger partial charge in [-0.2, -0.15) is 13.2 Å². The zero-order valence-electron chi connectivity index (χ0n) is 16.7. The van der Waals surface area contributed by atoms with Crippen molar-refractivity contribution in [1.29, 1.82) is 0 Å². The second-order valence-electron chi connectivity index (χ2n) is 7.24. The highest BCUT2D eigenvalue weighted by Gasteiger charge is 2.28. The summed E-state index contributed by atoms with van der Waals surface area (Å²) in [5, 5.41) is 6.60. The summed E-state index contributed by atoms with van der Waals surface area (Å²) in [7, 11) is 0. The topological polar surface area (TPSA) is 48.9 Å². The van der Waals surface area contributed by atoms with Crippen molar-refractivity contribution < 1.29 is 17.9 Å². The minimum atomic E-state index is -4.33. The molecule has 1 aliphatic rings. The number of guanidine groups is 1. The molecule has 2 rings (SSSR count). The van der Waals surface area contributed by atoms with Crippen molar-refractivity contribution in [2.75, 3.05) is 39.3 Å². The van der Waals surface area contributed by atoms with Gasteiger partial charge in [-0.25, -0.2) is 4.99 Å². The van der Waals surface area contributed by atoms with E-state index in [0.29, 0.717) is 12.5 Å². The van der Waals surface area contributed by atoms with Crippen LogP contribution in [0.3, 0.4) is 0 Å². The van der Waals surface area contributed by atoms with Gasteiger partial charge in [-0.15, -0.1) is 0 Å². The van der Waals surface area contributed by atoms with Crippen LogP contribution in [0.1, 0.15) is 32.3 Å². The Bertz CT molecular complexity index is 598. The van der Waals surface area contributed by atoms with E-state index >= 15 is 0 Å². The first-order valence-corrected chi connectivity index (χ1v) is 9.88. The Kier molecular flexibility index (Phi) is 8.89. The minimum Gasteiger partial charge on any atom is -0.484 e. The molecule has 2 N–H and O–H groups in total. The first-order chi connectivity index (χ1) is 13.4. The predicted octanol–water partition coefficient (Wildman–Crippen LogP) is 3.41. The number of rotatable bonds is 9. The zero-order chi connectivity index (χ0) is 20.4. The van der Waals surface area contributed by atoms with Gasteiger partial charge in [0, 0.05) is 19.6 Å². The quantitative estimate of drug-likeness (QED) is 0.493. The third-order valence-corrected chi connectivity index (χ3v) is 4.48. The molecule has 0 radical (unpaired) electrons. The van der Waals surface area contributed by atoms with Crippen molar-refractivity contribution in [3.8, 4) is 5.75 Å². The molecule has 1 fully saturated rings. The van der Waals surface area contributed by atoms with Crippen LogP contribution in [0.4, 0.5) is 13.2 Å². The van der Waals surface area contributed by atoms with Crippen molar-refractivity contribution >= 4 is 5.96 Å². The van der Waals surface area contributed by atoms with E-state index in [2.05, 4.69) is 27.4 Å². The van der Waals surface area contributed by atoms with Crippen LogP contribution in [0.5, 0.6) is 5.75 Å². The first kappa shape index (κ1) is 22.3. The summed E-state index contributed by atoms with van der Waals surface area (Å²) in [6.07, 6.45) is -1.74. The standard InChI is InChI=1S/C20H31F3N4O/c1-3-24-19(25-12-16(2)14-27-10-4-5-11-27)26-13-17-6-8-18(9-7-17)28-15-20(21,22)23/h6-9,16H,3-5,10-15H2,1-2H3,(H2,24,25,26). The Hall–Kier alpha value is -1.96. The number of hydrogen-bond acceptors (Lipinski definition) is 3. The van der Waals surface area contributed by atoms with Gasteiger partial charge in [0.25, 0.3) is 0 Å². The molecule has 0 spiro atoms. The molecule has 1 aromatic carbocycles. The molecule has 1 atom stereocenters. The van der Waals surface area contributed by atoms with E-state index < -0.39 is 12.8 Å². The molecule has 1 saturated heterocycles. The molecular weight excluding hydrogens is 369 g/mol. The fraction of sp³-hybridized carbons (Fsp3) is 0.650. The van der Waals surface area contributed by atoms with Gasteiger partial charge < -0.3 is 20.3 Å². The Morgan fingerprint density at radius 2 is 1.86 bits per heavy atom. The average molecular weight is 400 g/mol. The highest BCUT2D eigenvalue weighted by atomic mass is 19.4. The number of ether oxygens (including phenoxy) is 1. The second kappa shape index (κ2) is 11.1. The molecule has 1 aromatic rings. The van der Waals surface area contributed by atoms with Crippen LogP contribution < -0.4 is 15.4 Å². The fourth-order valence-corrected chi connectivity index (χ4v) is 3.11. The highest BCUT2D eigenvalue weighted by molar-refractivity contribution is 5.79. The maximum absolute atomic E-state index is 12.2. The molecular formula is C20H31F3N4O. The van der Waals surface area contributed by atoms with Crippen LogP contribution >= 0.6 is 0 Å². The molecule has 28 heavy (non-hydrogen) atoms. The molecule has 1 heterocycles. The van der Waals surface area contributed by atoms with Gasteiger partial charge in [0.2, 0.25) is 0 Å². The molecule has 0 bridgehead atoms. The van der Waals surface area contributed by atoms with Crippen molar-refractivity contribution in [1.82, 2.24) is 15.5 Å². The summed E-state index contributed by atoms with van der Waals surface area (Å²) in [5.74, 6) is 1.46. The maximum Gasteiger partial charge on any atom is 0.422 e. The van der Waals surface area contributed by atoms with Gasteiger partial charge in [-0.3, -0.25) is 0 Å². The van der Waals surface area contributed by atoms with Crippen molar-refractivity contribution in [3.63, 3.8) is 0 Å². The SMILES string of the molecule is CCNC(=NCc1ccc(OCC(F)(F)F)cc1)NCC(C)CN1CCCC1. The average Bonchev–Trinajstić information content (AvgIpc) is 3.15. The van der Waals surface area contributed by atoms with E-state index in [0.717, 1.165) is 31.2 Å². The number of hydrogen-bond donors (Lipinski definition) is 2. The molecule has 0 aromatic heterocycles. The summed E-state index contributed by atoms with van der Waals surface area (Å²) < 4.78 is 41.3. The van der Waals surface area contributed by atoms with Crippen LogP contribution in [0.25, 0.3) is 0 Å². The van der Waals surface area contributed by atoms with Crippen LogP contribution in [0.15, 0.2) is 29.3 Å². The van der Waals surface area contributed by atoms with Crippen molar-refractivity contribution in [2.24, 2.45) is 10.9 Å². The van der Waals surface area contributed by atoms with E-state index in [-0.39, 0.29) is 5.75 Å². The van der Waals surface area contributed by atoms with Gasteiger partial charge in [0.05, 0.1) is 6.54 Å². The molecule has 0 amide bonds. The lowest BCUT2D eigenvalue weighted by atomic mass is 10.1. The summed E-state index contributed by atoms with van der Waals surface area (Å²) in [6, 6.07) is 6.54. The normalized spacial score (nSPS) is 16.8. The molecule has 5 nitrogen and oxygen atoms in total. The minimum absolute atomic E-state index is 0.200. The second-order valence-corrected chi connectivity index (χ2v) is 7.24. The molecule has 0 aliphatic carbocycles. The smallest absolute Gasteiger partial charge is 0.422 e. The number of likely N-dealkylation sites (tertiary alicyclic amines) is 1. The number of halogens is 3. The van der Waals surface area contributed by atoms with Crippen molar-refractivity contribution in [2.45, 2.75) is 39.4 Å². The number of nitrogens with one attached hydrogen (secondary N) is 2. The fourth-order valence-electron chi connectivity index (χ4n) is 3.11. The van der Waals surface area contributed by atoms with E-state index in [1.54, 1.807) is 12.1 Å². The van der Waals surface area contributed by atoms with Crippen molar-refractivity contribution in [3.05, 3.63) is 29.8 Å². The summed E-state index contributed by atoms with van der Waals surface area (Å²) in [4.78, 5) is 7.06. The van der Waals surface area contributed by atoms with Crippen LogP contribution in [0, 0.1) is 5.92 Å². The van der Waals surface area contributed by atoms with E-state index in [9.17, 15) is 13.2 Å². The largest absolute Gasteiger partial charge is 0.484 e. The van der Waals surface area contributed by atoms with Crippen LogP contribution in [-0.2, 0) is 6.54 Å². The molecule has 0 saturated carbocycles. The number of aliphatic imine (C=N–C) groups is 1. The first-order valence-electron chi connectivity index (χ1n) is 9.88. The number of nitrogens with zero attached hydrogens (tertiary/aromatic N) is 2. The Morgan fingerprint density at radius 3 is 2.46 bits per heavy atom. The Morgan fingerprint density at radius 1 is 1.18 bits per heavy atom. The summed E-state index contributed by atoms with van der Waals surface area (Å²) >= 11 is 0. The van der Waals surface area contributed by atoms with Gasteiger partial charge in [0.15, 0.2) is 12.6 Å². The zero-order valence-corrected chi connectivity index (χ0v) is 16.7. The third kappa shape index (κ3) is 8.82. The lowest BCUT2D eigenvalue weighted by Gasteiger charge is -2.21. The molecule has 1 unspecified atom stereocenters. The molecule has 8 heteroatoms. The number of alkyl halides is 3. The van der Waals surface area contributed by atoms with Crippen LogP contribution in [0.2, 0.25) is 0 Å². The third-order valence-electron chi connectivity index (χ3n) is 4.48.